The number of piperazine rings is 1. The van der Waals surface area contributed by atoms with Crippen LogP contribution in [0, 0.1) is 6.92 Å². The molecule has 0 saturated carbocycles. The first-order valence-electron chi connectivity index (χ1n) is 9.37. The van der Waals surface area contributed by atoms with E-state index in [0.29, 0.717) is 13.0 Å². The van der Waals surface area contributed by atoms with Crippen LogP contribution < -0.4 is 10.2 Å². The number of hydrogen-bond acceptors (Lipinski definition) is 3. The average Bonchev–Trinajstić information content (AvgIpc) is 2.53. The molecule has 1 aromatic carbocycles. The fraction of sp³-hybridized carbons (Fsp3) is 0.600. The SMILES string of the molecule is Cc1cccc(C[NH+]2CCN(C(=O)CCNC(=O)OC(C)(C)C)CC2)c1. The van der Waals surface area contributed by atoms with E-state index < -0.39 is 11.7 Å². The van der Waals surface area contributed by atoms with Crippen LogP contribution in [0.25, 0.3) is 0 Å². The van der Waals surface area contributed by atoms with Gasteiger partial charge >= 0.3 is 6.09 Å². The minimum Gasteiger partial charge on any atom is -0.444 e. The smallest absolute Gasteiger partial charge is 0.407 e. The number of aryl methyl sites for hydroxylation is 1. The highest BCUT2D eigenvalue weighted by atomic mass is 16.6. The topological polar surface area (TPSA) is 63.1 Å². The van der Waals surface area contributed by atoms with Crippen LogP contribution in [0.5, 0.6) is 0 Å². The molecular formula is C20H32N3O3+. The highest BCUT2D eigenvalue weighted by molar-refractivity contribution is 5.77. The second-order valence-electron chi connectivity index (χ2n) is 7.98. The number of nitrogens with zero attached hydrogens (tertiary/aromatic N) is 1. The first-order valence-corrected chi connectivity index (χ1v) is 9.37. The van der Waals surface area contributed by atoms with Gasteiger partial charge < -0.3 is 19.9 Å². The van der Waals surface area contributed by atoms with Crippen molar-refractivity contribution < 1.29 is 19.2 Å². The Hall–Kier alpha value is -2.08. The van der Waals surface area contributed by atoms with Crippen LogP contribution in [0.15, 0.2) is 24.3 Å². The largest absolute Gasteiger partial charge is 0.444 e. The molecule has 0 atom stereocenters. The van der Waals surface area contributed by atoms with Crippen molar-refractivity contribution in [1.82, 2.24) is 10.2 Å². The highest BCUT2D eigenvalue weighted by Crippen LogP contribution is 2.06. The van der Waals surface area contributed by atoms with E-state index in [1.165, 1.54) is 16.0 Å². The maximum atomic E-state index is 12.3. The monoisotopic (exact) mass is 362 g/mol. The van der Waals surface area contributed by atoms with Crippen molar-refractivity contribution in [2.75, 3.05) is 32.7 Å². The van der Waals surface area contributed by atoms with Crippen molar-refractivity contribution in [1.29, 1.82) is 0 Å². The maximum absolute atomic E-state index is 12.3. The van der Waals surface area contributed by atoms with Gasteiger partial charge in [0.25, 0.3) is 0 Å². The number of amides is 2. The zero-order chi connectivity index (χ0) is 19.2. The average molecular weight is 362 g/mol. The first kappa shape index (κ1) is 20.2. The molecule has 1 aromatic rings. The lowest BCUT2D eigenvalue weighted by Crippen LogP contribution is -3.13. The Bertz CT molecular complexity index is 617. The standard InChI is InChI=1S/C20H31N3O3/c1-16-6-5-7-17(14-16)15-22-10-12-23(13-11-22)18(24)8-9-21-19(25)26-20(2,3)4/h5-7,14H,8-13,15H2,1-4H3,(H,21,25)/p+1. The van der Waals surface area contributed by atoms with Crippen LogP contribution in [0.3, 0.4) is 0 Å². The summed E-state index contributed by atoms with van der Waals surface area (Å²) >= 11 is 0. The molecule has 2 amide bonds. The van der Waals surface area contributed by atoms with Crippen LogP contribution in [0.4, 0.5) is 4.79 Å². The lowest BCUT2D eigenvalue weighted by molar-refractivity contribution is -0.917. The minimum atomic E-state index is -0.523. The molecule has 1 aliphatic heterocycles. The number of nitrogens with one attached hydrogen (secondary N) is 2. The molecular weight excluding hydrogens is 330 g/mol. The summed E-state index contributed by atoms with van der Waals surface area (Å²) in [4.78, 5) is 27.3. The number of hydrogen-bond donors (Lipinski definition) is 2. The normalized spacial score (nSPS) is 15.6. The summed E-state index contributed by atoms with van der Waals surface area (Å²) in [6, 6.07) is 8.61. The van der Waals surface area contributed by atoms with Crippen molar-refractivity contribution in [2.24, 2.45) is 0 Å². The molecule has 2 N–H and O–H groups in total. The summed E-state index contributed by atoms with van der Waals surface area (Å²) in [7, 11) is 0. The number of ether oxygens (including phenoxy) is 1. The molecule has 144 valence electrons. The van der Waals surface area contributed by atoms with Gasteiger partial charge in [-0.15, -0.1) is 0 Å². The molecule has 1 heterocycles. The van der Waals surface area contributed by atoms with Gasteiger partial charge in [-0.05, 0) is 27.7 Å². The third-order valence-corrected chi connectivity index (χ3v) is 4.37. The van der Waals surface area contributed by atoms with Crippen molar-refractivity contribution in [3.63, 3.8) is 0 Å². The number of quaternary nitrogens is 1. The Balaban J connectivity index is 1.67. The molecule has 1 saturated heterocycles. The fourth-order valence-corrected chi connectivity index (χ4v) is 3.10. The predicted molar refractivity (Wildman–Crippen MR) is 101 cm³/mol. The minimum absolute atomic E-state index is 0.0932. The number of carbonyl (C=O) groups excluding carboxylic acids is 2. The molecule has 0 bridgehead atoms. The van der Waals surface area contributed by atoms with Gasteiger partial charge in [0.15, 0.2) is 0 Å². The van der Waals surface area contributed by atoms with Crippen molar-refractivity contribution in [3.8, 4) is 0 Å². The number of alkyl carbamates (subject to hydrolysis) is 1. The number of rotatable bonds is 5. The summed E-state index contributed by atoms with van der Waals surface area (Å²) in [6.45, 7) is 12.3. The lowest BCUT2D eigenvalue weighted by Gasteiger charge is -2.32. The molecule has 0 radical (unpaired) electrons. The van der Waals surface area contributed by atoms with Crippen molar-refractivity contribution in [2.45, 2.75) is 46.3 Å². The molecule has 0 unspecified atom stereocenters. The summed E-state index contributed by atoms with van der Waals surface area (Å²) in [5.74, 6) is 0.0932. The number of benzene rings is 1. The van der Waals surface area contributed by atoms with E-state index in [1.54, 1.807) is 0 Å². The molecule has 0 aromatic heterocycles. The highest BCUT2D eigenvalue weighted by Gasteiger charge is 2.24. The Morgan fingerprint density at radius 1 is 1.23 bits per heavy atom. The zero-order valence-electron chi connectivity index (χ0n) is 16.4. The second kappa shape index (κ2) is 9.03. The number of carbonyl (C=O) groups is 2. The molecule has 0 spiro atoms. The summed E-state index contributed by atoms with van der Waals surface area (Å²) in [5, 5.41) is 2.64. The molecule has 26 heavy (non-hydrogen) atoms. The van der Waals surface area contributed by atoms with Gasteiger partial charge in [0.2, 0.25) is 5.91 Å². The molecule has 6 nitrogen and oxygen atoms in total. The summed E-state index contributed by atoms with van der Waals surface area (Å²) in [6.07, 6.45) is -0.162. The van der Waals surface area contributed by atoms with Crippen LogP contribution in [0.2, 0.25) is 0 Å². The third kappa shape index (κ3) is 7.04. The van der Waals surface area contributed by atoms with E-state index >= 15 is 0 Å². The zero-order valence-corrected chi connectivity index (χ0v) is 16.4. The van der Waals surface area contributed by atoms with Gasteiger partial charge in [-0.3, -0.25) is 4.79 Å². The van der Waals surface area contributed by atoms with E-state index in [9.17, 15) is 9.59 Å². The van der Waals surface area contributed by atoms with Gasteiger partial charge in [0.05, 0.1) is 26.2 Å². The molecule has 6 heteroatoms. The summed E-state index contributed by atoms with van der Waals surface area (Å²) in [5.41, 5.74) is 2.11. The Morgan fingerprint density at radius 3 is 2.54 bits per heavy atom. The van der Waals surface area contributed by atoms with Crippen molar-refractivity contribution in [3.05, 3.63) is 35.4 Å². The molecule has 1 fully saturated rings. The van der Waals surface area contributed by atoms with Gasteiger partial charge in [0.1, 0.15) is 12.1 Å². The van der Waals surface area contributed by atoms with Crippen LogP contribution in [-0.2, 0) is 16.1 Å². The van der Waals surface area contributed by atoms with Gasteiger partial charge in [-0.2, -0.15) is 0 Å². The maximum Gasteiger partial charge on any atom is 0.407 e. The molecule has 2 rings (SSSR count). The Morgan fingerprint density at radius 2 is 1.92 bits per heavy atom. The Labute approximate surface area is 156 Å². The van der Waals surface area contributed by atoms with E-state index in [-0.39, 0.29) is 5.91 Å². The summed E-state index contributed by atoms with van der Waals surface area (Å²) < 4.78 is 5.17. The van der Waals surface area contributed by atoms with Gasteiger partial charge in [-0.25, -0.2) is 4.79 Å². The van der Waals surface area contributed by atoms with E-state index in [4.69, 9.17) is 4.74 Å². The molecule has 0 aliphatic carbocycles. The van der Waals surface area contributed by atoms with E-state index in [1.807, 2.05) is 25.7 Å². The Kier molecular flexibility index (Phi) is 7.03. The van der Waals surface area contributed by atoms with Crippen molar-refractivity contribution >= 4 is 12.0 Å². The quantitative estimate of drug-likeness (QED) is 0.826. The third-order valence-electron chi connectivity index (χ3n) is 4.37. The van der Waals surface area contributed by atoms with Crippen LogP contribution in [0.1, 0.15) is 38.3 Å². The predicted octanol–water partition coefficient (Wildman–Crippen LogP) is 1.14. The van der Waals surface area contributed by atoms with Gasteiger partial charge in [-0.1, -0.05) is 29.8 Å². The first-order chi connectivity index (χ1) is 12.2. The molecule has 1 aliphatic rings. The van der Waals surface area contributed by atoms with E-state index in [2.05, 4.69) is 36.5 Å². The van der Waals surface area contributed by atoms with Crippen LogP contribution in [-0.4, -0.2) is 55.2 Å². The van der Waals surface area contributed by atoms with Crippen LogP contribution >= 0.6 is 0 Å². The second-order valence-corrected chi connectivity index (χ2v) is 7.98. The lowest BCUT2D eigenvalue weighted by atomic mass is 10.1. The van der Waals surface area contributed by atoms with Gasteiger partial charge in [0, 0.05) is 18.5 Å². The van der Waals surface area contributed by atoms with E-state index in [0.717, 1.165) is 32.7 Å². The fourth-order valence-electron chi connectivity index (χ4n) is 3.10.